The van der Waals surface area contributed by atoms with Gasteiger partial charge in [0.25, 0.3) is 0 Å². The molecule has 1 aliphatic rings. The maximum absolute atomic E-state index is 5.70. The molecule has 0 spiro atoms. The Labute approximate surface area is 103 Å². The third-order valence-corrected chi connectivity index (χ3v) is 3.44. The van der Waals surface area contributed by atoms with Gasteiger partial charge in [-0.15, -0.1) is 0 Å². The Hall–Kier alpha value is -1.22. The fourth-order valence-corrected chi connectivity index (χ4v) is 2.44. The highest BCUT2D eigenvalue weighted by Gasteiger charge is 2.24. The van der Waals surface area contributed by atoms with E-state index in [1.807, 2.05) is 6.07 Å². The van der Waals surface area contributed by atoms with Crippen molar-refractivity contribution >= 4 is 0 Å². The molecule has 1 aliphatic heterocycles. The first-order valence-electron chi connectivity index (χ1n) is 6.09. The van der Waals surface area contributed by atoms with E-state index in [1.165, 1.54) is 12.0 Å². The van der Waals surface area contributed by atoms with Gasteiger partial charge >= 0.3 is 0 Å². The Morgan fingerprint density at radius 2 is 1.94 bits per heavy atom. The summed E-state index contributed by atoms with van der Waals surface area (Å²) in [6.07, 6.45) is 2.59. The number of benzene rings is 1. The van der Waals surface area contributed by atoms with Gasteiger partial charge in [-0.05, 0) is 37.5 Å². The average molecular weight is 236 g/mol. The van der Waals surface area contributed by atoms with Crippen molar-refractivity contribution in [3.8, 4) is 11.5 Å². The summed E-state index contributed by atoms with van der Waals surface area (Å²) >= 11 is 0. The van der Waals surface area contributed by atoms with E-state index in [4.69, 9.17) is 14.2 Å². The lowest BCUT2D eigenvalue weighted by Gasteiger charge is -2.29. The molecule has 2 atom stereocenters. The standard InChI is InChI=1S/C14H20O3/c1-10-12(5-4-8-17-10)11-6-7-13(15-2)14(9-11)16-3/h6-7,9-10,12H,4-5,8H2,1-3H3/t10-,12+/m1/s1. The Bertz CT molecular complexity index is 376. The Kier molecular flexibility index (Phi) is 3.89. The summed E-state index contributed by atoms with van der Waals surface area (Å²) in [7, 11) is 3.33. The quantitative estimate of drug-likeness (QED) is 0.807. The second kappa shape index (κ2) is 5.41. The fraction of sp³-hybridized carbons (Fsp3) is 0.571. The van der Waals surface area contributed by atoms with Crippen LogP contribution in [0.2, 0.25) is 0 Å². The molecule has 0 amide bonds. The third-order valence-electron chi connectivity index (χ3n) is 3.44. The van der Waals surface area contributed by atoms with Crippen LogP contribution in [0, 0.1) is 0 Å². The Morgan fingerprint density at radius 1 is 1.18 bits per heavy atom. The minimum Gasteiger partial charge on any atom is -0.493 e. The van der Waals surface area contributed by atoms with Crippen molar-refractivity contribution < 1.29 is 14.2 Å². The summed E-state index contributed by atoms with van der Waals surface area (Å²) in [5.41, 5.74) is 1.27. The minimum absolute atomic E-state index is 0.279. The van der Waals surface area contributed by atoms with Crippen LogP contribution in [-0.2, 0) is 4.74 Å². The van der Waals surface area contributed by atoms with Crippen LogP contribution in [0.4, 0.5) is 0 Å². The topological polar surface area (TPSA) is 27.7 Å². The lowest BCUT2D eigenvalue weighted by atomic mass is 9.88. The van der Waals surface area contributed by atoms with Crippen molar-refractivity contribution in [2.75, 3.05) is 20.8 Å². The summed E-state index contributed by atoms with van der Waals surface area (Å²) < 4.78 is 16.3. The van der Waals surface area contributed by atoms with E-state index in [1.54, 1.807) is 14.2 Å². The lowest BCUT2D eigenvalue weighted by molar-refractivity contribution is 0.0115. The first kappa shape index (κ1) is 12.2. The van der Waals surface area contributed by atoms with Crippen LogP contribution in [0.25, 0.3) is 0 Å². The lowest BCUT2D eigenvalue weighted by Crippen LogP contribution is -2.24. The van der Waals surface area contributed by atoms with Gasteiger partial charge in [-0.2, -0.15) is 0 Å². The highest BCUT2D eigenvalue weighted by molar-refractivity contribution is 5.44. The normalized spacial score (nSPS) is 24.4. The average Bonchev–Trinajstić information content (AvgIpc) is 2.38. The van der Waals surface area contributed by atoms with Gasteiger partial charge < -0.3 is 14.2 Å². The number of rotatable bonds is 3. The molecule has 1 aromatic rings. The van der Waals surface area contributed by atoms with E-state index in [0.717, 1.165) is 24.5 Å². The summed E-state index contributed by atoms with van der Waals surface area (Å²) in [5.74, 6) is 2.03. The molecule has 1 heterocycles. The summed E-state index contributed by atoms with van der Waals surface area (Å²) in [6.45, 7) is 3.02. The molecule has 1 fully saturated rings. The van der Waals surface area contributed by atoms with E-state index < -0.39 is 0 Å². The summed E-state index contributed by atoms with van der Waals surface area (Å²) in [5, 5.41) is 0. The van der Waals surface area contributed by atoms with Crippen LogP contribution in [0.1, 0.15) is 31.2 Å². The van der Waals surface area contributed by atoms with Crippen molar-refractivity contribution in [1.29, 1.82) is 0 Å². The largest absolute Gasteiger partial charge is 0.493 e. The highest BCUT2D eigenvalue weighted by Crippen LogP contribution is 2.36. The molecular weight excluding hydrogens is 216 g/mol. The van der Waals surface area contributed by atoms with Gasteiger partial charge in [0.1, 0.15) is 0 Å². The molecule has 0 bridgehead atoms. The summed E-state index contributed by atoms with van der Waals surface area (Å²) in [4.78, 5) is 0. The van der Waals surface area contributed by atoms with E-state index in [-0.39, 0.29) is 6.10 Å². The smallest absolute Gasteiger partial charge is 0.160 e. The van der Waals surface area contributed by atoms with Crippen LogP contribution < -0.4 is 9.47 Å². The first-order valence-corrected chi connectivity index (χ1v) is 6.09. The third kappa shape index (κ3) is 2.55. The highest BCUT2D eigenvalue weighted by atomic mass is 16.5. The van der Waals surface area contributed by atoms with Crippen LogP contribution in [0.5, 0.6) is 11.5 Å². The van der Waals surface area contributed by atoms with Gasteiger partial charge in [0.05, 0.1) is 20.3 Å². The minimum atomic E-state index is 0.279. The fourth-order valence-electron chi connectivity index (χ4n) is 2.44. The monoisotopic (exact) mass is 236 g/mol. The van der Waals surface area contributed by atoms with Gasteiger partial charge in [-0.25, -0.2) is 0 Å². The van der Waals surface area contributed by atoms with Crippen molar-refractivity contribution in [3.63, 3.8) is 0 Å². The molecule has 0 aliphatic carbocycles. The summed E-state index contributed by atoms with van der Waals surface area (Å²) in [6, 6.07) is 6.14. The molecular formula is C14H20O3. The molecule has 0 N–H and O–H groups in total. The Morgan fingerprint density at radius 3 is 2.59 bits per heavy atom. The molecule has 3 nitrogen and oxygen atoms in total. The first-order chi connectivity index (χ1) is 8.26. The van der Waals surface area contributed by atoms with E-state index in [0.29, 0.717) is 5.92 Å². The zero-order valence-electron chi connectivity index (χ0n) is 10.7. The molecule has 0 radical (unpaired) electrons. The van der Waals surface area contributed by atoms with Gasteiger partial charge in [0.2, 0.25) is 0 Å². The molecule has 1 aromatic carbocycles. The van der Waals surface area contributed by atoms with Crippen LogP contribution in [0.15, 0.2) is 18.2 Å². The van der Waals surface area contributed by atoms with Gasteiger partial charge in [-0.3, -0.25) is 0 Å². The molecule has 94 valence electrons. The van der Waals surface area contributed by atoms with Crippen molar-refractivity contribution in [2.45, 2.75) is 31.8 Å². The second-order valence-corrected chi connectivity index (χ2v) is 4.44. The molecule has 3 heteroatoms. The molecule has 17 heavy (non-hydrogen) atoms. The molecule has 1 saturated heterocycles. The number of hydrogen-bond donors (Lipinski definition) is 0. The van der Waals surface area contributed by atoms with Gasteiger partial charge in [0.15, 0.2) is 11.5 Å². The van der Waals surface area contributed by atoms with Crippen LogP contribution >= 0.6 is 0 Å². The van der Waals surface area contributed by atoms with E-state index in [9.17, 15) is 0 Å². The maximum Gasteiger partial charge on any atom is 0.160 e. The predicted molar refractivity (Wildman–Crippen MR) is 66.9 cm³/mol. The molecule has 0 saturated carbocycles. The van der Waals surface area contributed by atoms with Gasteiger partial charge in [0, 0.05) is 12.5 Å². The second-order valence-electron chi connectivity index (χ2n) is 4.44. The number of ether oxygens (including phenoxy) is 3. The zero-order chi connectivity index (χ0) is 12.3. The maximum atomic E-state index is 5.70. The van der Waals surface area contributed by atoms with Crippen molar-refractivity contribution in [2.24, 2.45) is 0 Å². The van der Waals surface area contributed by atoms with Crippen LogP contribution in [-0.4, -0.2) is 26.9 Å². The number of methoxy groups -OCH3 is 2. The van der Waals surface area contributed by atoms with Crippen molar-refractivity contribution in [1.82, 2.24) is 0 Å². The molecule has 0 aromatic heterocycles. The van der Waals surface area contributed by atoms with Crippen LogP contribution in [0.3, 0.4) is 0 Å². The van der Waals surface area contributed by atoms with E-state index >= 15 is 0 Å². The Balaban J connectivity index is 2.25. The van der Waals surface area contributed by atoms with Crippen molar-refractivity contribution in [3.05, 3.63) is 23.8 Å². The molecule has 2 rings (SSSR count). The van der Waals surface area contributed by atoms with E-state index in [2.05, 4.69) is 19.1 Å². The molecule has 0 unspecified atom stereocenters. The predicted octanol–water partition coefficient (Wildman–Crippen LogP) is 2.99. The number of hydrogen-bond acceptors (Lipinski definition) is 3. The van der Waals surface area contributed by atoms with Gasteiger partial charge in [-0.1, -0.05) is 6.07 Å². The SMILES string of the molecule is COc1ccc([C@H]2CCCO[C@@H]2C)cc1OC. The zero-order valence-corrected chi connectivity index (χ0v) is 10.7.